The van der Waals surface area contributed by atoms with Crippen LogP contribution in [0.3, 0.4) is 0 Å². The van der Waals surface area contributed by atoms with E-state index >= 15 is 0 Å². The maximum absolute atomic E-state index is 13.6. The summed E-state index contributed by atoms with van der Waals surface area (Å²) in [6.45, 7) is 0.517. The van der Waals surface area contributed by atoms with Crippen molar-refractivity contribution in [3.05, 3.63) is 107 Å². The number of unbranched alkanes of at least 4 members (excludes halogenated alkanes) is 5. The van der Waals surface area contributed by atoms with Gasteiger partial charge in [0.2, 0.25) is 0 Å². The molecule has 8 nitrogen and oxygen atoms in total. The van der Waals surface area contributed by atoms with Gasteiger partial charge < -0.3 is 9.29 Å². The van der Waals surface area contributed by atoms with E-state index in [2.05, 4.69) is 17.4 Å². The van der Waals surface area contributed by atoms with E-state index < -0.39 is 16.2 Å². The number of hydrogen-bond acceptors (Lipinski definition) is 7. The van der Waals surface area contributed by atoms with Crippen molar-refractivity contribution in [2.45, 2.75) is 57.4 Å². The number of anilines is 1. The number of halogens is 1. The minimum atomic E-state index is -4.12. The largest absolute Gasteiger partial charge is 1.00 e. The molecule has 0 radical (unpaired) electrons. The van der Waals surface area contributed by atoms with E-state index in [1.54, 1.807) is 4.57 Å². The smallest absolute Gasteiger partial charge is 0.748 e. The average Bonchev–Trinajstić information content (AvgIpc) is 3.32. The molecule has 0 aliphatic carbocycles. The van der Waals surface area contributed by atoms with Crippen LogP contribution in [0, 0.1) is 0 Å². The number of benzene rings is 3. The Morgan fingerprint density at radius 3 is 2.24 bits per heavy atom. The molecule has 4 aromatic rings. The Kier molecular flexibility index (Phi) is 13.0. The molecule has 0 amide bonds. The Bertz CT molecular complexity index is 1690. The molecular formula is C34H36ClN3NaO5S+. The molecule has 1 aliphatic rings. The summed E-state index contributed by atoms with van der Waals surface area (Å²) in [6, 6.07) is 25.1. The number of ether oxygens (including phenoxy) is 1. The molecule has 11 heteroatoms. The molecule has 1 aromatic heterocycles. The van der Waals surface area contributed by atoms with E-state index in [4.69, 9.17) is 21.3 Å². The third kappa shape index (κ3) is 10.1. The van der Waals surface area contributed by atoms with Crippen LogP contribution in [-0.4, -0.2) is 42.3 Å². The zero-order chi connectivity index (χ0) is 30.9. The third-order valence-electron chi connectivity index (χ3n) is 7.63. The van der Waals surface area contributed by atoms with Crippen LogP contribution in [0.5, 0.6) is 5.75 Å². The molecule has 1 atom stereocenters. The van der Waals surface area contributed by atoms with Gasteiger partial charge in [-0.15, -0.1) is 0 Å². The second kappa shape index (κ2) is 16.7. The van der Waals surface area contributed by atoms with Crippen LogP contribution in [0.15, 0.2) is 85.1 Å². The molecular weight excluding hydrogens is 621 g/mol. The summed E-state index contributed by atoms with van der Waals surface area (Å²) in [5.74, 6) is 0.981. The Morgan fingerprint density at radius 2 is 1.56 bits per heavy atom. The normalized spacial score (nSPS) is 14.0. The van der Waals surface area contributed by atoms with Crippen molar-refractivity contribution in [3.8, 4) is 17.0 Å². The number of rotatable bonds is 15. The zero-order valence-electron chi connectivity index (χ0n) is 25.5. The van der Waals surface area contributed by atoms with Crippen molar-refractivity contribution < 1.29 is 56.6 Å². The van der Waals surface area contributed by atoms with E-state index in [1.807, 2.05) is 72.9 Å². The summed E-state index contributed by atoms with van der Waals surface area (Å²) in [6.07, 6.45) is 7.64. The first-order chi connectivity index (χ1) is 21.3. The molecule has 5 rings (SSSR count). The molecule has 1 N–H and O–H groups in total. The van der Waals surface area contributed by atoms with Crippen LogP contribution < -0.4 is 44.2 Å². The summed E-state index contributed by atoms with van der Waals surface area (Å²) in [4.78, 5) is 18.6. The Labute approximate surface area is 292 Å². The van der Waals surface area contributed by atoms with E-state index in [1.165, 1.54) is 0 Å². The van der Waals surface area contributed by atoms with Gasteiger partial charge in [-0.3, -0.25) is 5.32 Å². The second-order valence-electron chi connectivity index (χ2n) is 11.1. The van der Waals surface area contributed by atoms with Crippen molar-refractivity contribution in [2.75, 3.05) is 17.7 Å². The number of nitrogens with zero attached hydrogens (tertiary/aromatic N) is 2. The quantitative estimate of drug-likeness (QED) is 0.0905. The molecule has 230 valence electrons. The van der Waals surface area contributed by atoms with Crippen LogP contribution in [0.4, 0.5) is 5.82 Å². The van der Waals surface area contributed by atoms with Crippen molar-refractivity contribution >= 4 is 33.4 Å². The molecule has 3 aromatic carbocycles. The molecule has 0 bridgehead atoms. The molecule has 0 saturated heterocycles. The summed E-state index contributed by atoms with van der Waals surface area (Å²) in [5, 5.41) is 3.93. The first-order valence-corrected chi connectivity index (χ1v) is 16.9. The first-order valence-electron chi connectivity index (χ1n) is 15.0. The van der Waals surface area contributed by atoms with E-state index in [0.29, 0.717) is 42.5 Å². The molecule has 2 heterocycles. The van der Waals surface area contributed by atoms with Crippen molar-refractivity contribution in [1.82, 2.24) is 4.98 Å². The van der Waals surface area contributed by atoms with Crippen molar-refractivity contribution in [2.24, 2.45) is 0 Å². The van der Waals surface area contributed by atoms with Gasteiger partial charge in [-0.2, -0.15) is 4.57 Å². The van der Waals surface area contributed by atoms with Gasteiger partial charge in [-0.25, -0.2) is 18.2 Å². The Hall–Kier alpha value is -2.79. The van der Waals surface area contributed by atoms with Crippen LogP contribution in [0.25, 0.3) is 11.3 Å². The number of hydrogen-bond donors (Lipinski definition) is 1. The third-order valence-corrected chi connectivity index (χ3v) is 8.72. The molecule has 0 spiro atoms. The summed E-state index contributed by atoms with van der Waals surface area (Å²) < 4.78 is 39.6. The van der Waals surface area contributed by atoms with Crippen LogP contribution in [0.2, 0.25) is 5.02 Å². The van der Waals surface area contributed by atoms with Gasteiger partial charge >= 0.3 is 41.3 Å². The molecule has 1 aliphatic heterocycles. The topological polar surface area (TPSA) is 112 Å². The predicted octanol–water partition coefficient (Wildman–Crippen LogP) is 3.23. The fourth-order valence-corrected chi connectivity index (χ4v) is 6.18. The molecule has 45 heavy (non-hydrogen) atoms. The minimum Gasteiger partial charge on any atom is -0.748 e. The summed E-state index contributed by atoms with van der Waals surface area (Å²) >= 11 is 6.56. The second-order valence-corrected chi connectivity index (χ2v) is 13.0. The average molecular weight is 657 g/mol. The fourth-order valence-electron chi connectivity index (χ4n) is 5.37. The molecule has 0 saturated carbocycles. The Balaban J connectivity index is 0.00000461. The number of carbonyl (C=O) groups is 1. The van der Waals surface area contributed by atoms with Crippen molar-refractivity contribution in [1.29, 1.82) is 0 Å². The maximum Gasteiger partial charge on any atom is 1.00 e. The Morgan fingerprint density at radius 1 is 0.889 bits per heavy atom. The van der Waals surface area contributed by atoms with Gasteiger partial charge in [-0.1, -0.05) is 104 Å². The van der Waals surface area contributed by atoms with Gasteiger partial charge in [0.1, 0.15) is 23.3 Å². The minimum absolute atomic E-state index is 0. The molecule has 0 fully saturated rings. The van der Waals surface area contributed by atoms with Crippen LogP contribution >= 0.6 is 11.6 Å². The van der Waals surface area contributed by atoms with Crippen molar-refractivity contribution in [3.63, 3.8) is 0 Å². The number of fused-ring (bicyclic) bond motifs is 1. The van der Waals surface area contributed by atoms with Gasteiger partial charge in [0.05, 0.1) is 21.7 Å². The number of carbonyl (C=O) groups excluding carboxylic acids is 1. The summed E-state index contributed by atoms with van der Waals surface area (Å²) in [5.41, 5.74) is 4.54. The van der Waals surface area contributed by atoms with Gasteiger partial charge in [-0.05, 0) is 36.1 Å². The molecule has 1 unspecified atom stereocenters. The SMILES string of the molecule is O=C1C(Cc2ccc(OCCCCCCCCS(=O)(=O)[O-])c(Cl)c2)Nc2c(Cc3ccccc3)nc(-c3ccccc3)c[n+]21.[Na+]. The van der Waals surface area contributed by atoms with Gasteiger partial charge in [0, 0.05) is 24.2 Å². The first kappa shape index (κ1) is 35.1. The van der Waals surface area contributed by atoms with Crippen LogP contribution in [0.1, 0.15) is 60.1 Å². The standard InChI is InChI=1S/C34H36ClN3O5S.Na/c35-28-21-26(17-18-32(28)43-19-11-3-1-2-4-12-20-44(40,41)42)23-30-34(39)38-24-31(27-15-9-6-10-16-27)36-29(33(38)37-30)22-25-13-7-5-8-14-25;/h5-10,13-18,21,24,30H,1-4,11-12,19-20,22-23H2,(H,40,41,42);/q;+1. The van der Waals surface area contributed by atoms with E-state index in [0.717, 1.165) is 60.2 Å². The van der Waals surface area contributed by atoms with Gasteiger partial charge in [0.15, 0.2) is 6.04 Å². The predicted molar refractivity (Wildman–Crippen MR) is 170 cm³/mol. The zero-order valence-corrected chi connectivity index (χ0v) is 29.0. The van der Waals surface area contributed by atoms with Gasteiger partial charge in [0.25, 0.3) is 0 Å². The number of aromatic nitrogens is 2. The maximum atomic E-state index is 13.6. The van der Waals surface area contributed by atoms with E-state index in [-0.39, 0.29) is 41.2 Å². The number of nitrogens with one attached hydrogen (secondary N) is 1. The summed E-state index contributed by atoms with van der Waals surface area (Å²) in [7, 11) is -4.12. The van der Waals surface area contributed by atoms with Crippen LogP contribution in [-0.2, 0) is 23.0 Å². The van der Waals surface area contributed by atoms with E-state index in [9.17, 15) is 17.8 Å². The monoisotopic (exact) mass is 656 g/mol. The fraction of sp³-hybridized carbons (Fsp3) is 0.324.